The number of carbonyl (C=O) groups is 2. The van der Waals surface area contributed by atoms with Crippen LogP contribution >= 0.6 is 10.0 Å². The number of halogens is 2. The van der Waals surface area contributed by atoms with Crippen LogP contribution < -0.4 is 10.1 Å². The van der Waals surface area contributed by atoms with Gasteiger partial charge in [0.1, 0.15) is 23.4 Å². The van der Waals surface area contributed by atoms with Gasteiger partial charge in [-0.2, -0.15) is 0 Å². The molecule has 1 atom stereocenters. The third-order valence-corrected chi connectivity index (χ3v) is 6.67. The molecule has 0 aliphatic heterocycles. The van der Waals surface area contributed by atoms with Crippen LogP contribution in [0.15, 0.2) is 51.9 Å². The van der Waals surface area contributed by atoms with Gasteiger partial charge in [0, 0.05) is 18.0 Å². The van der Waals surface area contributed by atoms with E-state index < -0.39 is 45.4 Å². The van der Waals surface area contributed by atoms with Crippen molar-refractivity contribution >= 4 is 27.5 Å². The molecule has 2 amide bonds. The fourth-order valence-corrected chi connectivity index (χ4v) is 4.39. The van der Waals surface area contributed by atoms with E-state index in [1.807, 2.05) is 18.8 Å². The van der Waals surface area contributed by atoms with E-state index in [2.05, 4.69) is 10.5 Å². The number of hydrogen-bond acceptors (Lipinski definition) is 6. The number of nitrogens with one attached hydrogen (secondary N) is 1. The highest BCUT2D eigenvalue weighted by atomic mass is 32.3. The van der Waals surface area contributed by atoms with Crippen molar-refractivity contribution in [2.75, 3.05) is 38.2 Å². The maximum absolute atomic E-state index is 14.8. The molecule has 0 aliphatic carbocycles. The second-order valence-electron chi connectivity index (χ2n) is 8.23. The maximum atomic E-state index is 14.8. The standard InChI is InChI=1S/C23H25F2N3O5S/c1-28(23(31)18-12-20(29)27-33-18)21(13-6-8-14(32-2)9-7-13)22(30)26-17-10-16(25)19(11-15(17)24)34(3,4)5/h6-12,21H,1-5H3,(H,26,30)(H,27,29)/t21-/m1/s1. The number of methoxy groups -OCH3 is 1. The van der Waals surface area contributed by atoms with Crippen molar-refractivity contribution in [3.05, 3.63) is 65.4 Å². The first-order valence-corrected chi connectivity index (χ1v) is 12.8. The summed E-state index contributed by atoms with van der Waals surface area (Å²) < 4.78 is 39.4. The van der Waals surface area contributed by atoms with Crippen molar-refractivity contribution < 1.29 is 32.7 Å². The van der Waals surface area contributed by atoms with Gasteiger partial charge in [-0.1, -0.05) is 12.1 Å². The lowest BCUT2D eigenvalue weighted by atomic mass is 10.0. The van der Waals surface area contributed by atoms with Crippen molar-refractivity contribution in [2.24, 2.45) is 0 Å². The van der Waals surface area contributed by atoms with Crippen LogP contribution in [0.5, 0.6) is 11.6 Å². The van der Waals surface area contributed by atoms with Gasteiger partial charge in [0.15, 0.2) is 0 Å². The molecule has 1 heterocycles. The molecule has 182 valence electrons. The summed E-state index contributed by atoms with van der Waals surface area (Å²) in [5.74, 6) is -3.27. The number of aromatic nitrogens is 1. The lowest BCUT2D eigenvalue weighted by molar-refractivity contribution is -0.120. The van der Waals surface area contributed by atoms with Crippen molar-refractivity contribution in [3.63, 3.8) is 0 Å². The Bertz CT molecular complexity index is 1210. The third kappa shape index (κ3) is 5.30. The first kappa shape index (κ1) is 25.0. The summed E-state index contributed by atoms with van der Waals surface area (Å²) in [5.41, 5.74) is 0.0149. The number of anilines is 1. The van der Waals surface area contributed by atoms with Crippen LogP contribution in [0.2, 0.25) is 0 Å². The molecule has 2 N–H and O–H groups in total. The summed E-state index contributed by atoms with van der Waals surface area (Å²) in [6, 6.07) is 8.06. The predicted molar refractivity (Wildman–Crippen MR) is 125 cm³/mol. The number of benzene rings is 2. The Morgan fingerprint density at radius 2 is 1.76 bits per heavy atom. The number of ether oxygens (including phenoxy) is 1. The molecule has 0 unspecified atom stereocenters. The molecule has 0 bridgehead atoms. The highest BCUT2D eigenvalue weighted by Crippen LogP contribution is 2.47. The number of amides is 2. The average molecular weight is 494 g/mol. The average Bonchev–Trinajstić information content (AvgIpc) is 3.21. The van der Waals surface area contributed by atoms with E-state index in [4.69, 9.17) is 9.26 Å². The van der Waals surface area contributed by atoms with Gasteiger partial charge in [0.05, 0.1) is 18.9 Å². The van der Waals surface area contributed by atoms with Crippen LogP contribution in [0.1, 0.15) is 22.2 Å². The third-order valence-electron chi connectivity index (χ3n) is 5.04. The Hall–Kier alpha value is -3.60. The fourth-order valence-electron chi connectivity index (χ4n) is 3.29. The SMILES string of the molecule is COc1ccc([C@H](C(=O)Nc2cc(F)c(S(C)(C)C)cc2F)N(C)C(=O)c2cc(O)no2)cc1. The van der Waals surface area contributed by atoms with Crippen molar-refractivity contribution in [3.8, 4) is 11.6 Å². The molecule has 2 aromatic carbocycles. The molecular weight excluding hydrogens is 468 g/mol. The number of hydrogen-bond donors (Lipinski definition) is 2. The Morgan fingerprint density at radius 3 is 2.29 bits per heavy atom. The fraction of sp³-hybridized carbons (Fsp3) is 0.261. The van der Waals surface area contributed by atoms with E-state index in [9.17, 15) is 23.5 Å². The minimum Gasteiger partial charge on any atom is -0.497 e. The molecule has 0 spiro atoms. The van der Waals surface area contributed by atoms with Gasteiger partial charge in [-0.25, -0.2) is 18.8 Å². The molecule has 0 aliphatic rings. The number of nitrogens with zero attached hydrogens (tertiary/aromatic N) is 2. The molecule has 3 rings (SSSR count). The zero-order valence-electron chi connectivity index (χ0n) is 19.3. The molecule has 0 saturated heterocycles. The van der Waals surface area contributed by atoms with E-state index >= 15 is 0 Å². The van der Waals surface area contributed by atoms with Crippen molar-refractivity contribution in [1.82, 2.24) is 10.1 Å². The highest BCUT2D eigenvalue weighted by Gasteiger charge is 2.32. The second kappa shape index (κ2) is 9.72. The molecule has 11 heteroatoms. The van der Waals surface area contributed by atoms with Crippen LogP contribution in [0.4, 0.5) is 14.5 Å². The van der Waals surface area contributed by atoms with Gasteiger partial charge in [0.25, 0.3) is 17.7 Å². The van der Waals surface area contributed by atoms with Crippen LogP contribution in [-0.4, -0.2) is 59.9 Å². The summed E-state index contributed by atoms with van der Waals surface area (Å²) in [7, 11) is 1.26. The highest BCUT2D eigenvalue weighted by molar-refractivity contribution is 8.32. The normalized spacial score (nSPS) is 12.7. The zero-order valence-corrected chi connectivity index (χ0v) is 20.1. The minimum atomic E-state index is -1.55. The zero-order chi connectivity index (χ0) is 25.2. The number of rotatable bonds is 7. The predicted octanol–water partition coefficient (Wildman–Crippen LogP) is 4.17. The molecule has 8 nitrogen and oxygen atoms in total. The first-order chi connectivity index (χ1) is 15.9. The van der Waals surface area contributed by atoms with Crippen molar-refractivity contribution in [2.45, 2.75) is 10.9 Å². The molecule has 0 radical (unpaired) electrons. The van der Waals surface area contributed by atoms with Crippen LogP contribution in [0.25, 0.3) is 0 Å². The largest absolute Gasteiger partial charge is 0.497 e. The Balaban J connectivity index is 1.98. The van der Waals surface area contributed by atoms with Crippen LogP contribution in [0, 0.1) is 11.6 Å². The van der Waals surface area contributed by atoms with E-state index in [1.165, 1.54) is 14.2 Å². The molecule has 3 aromatic rings. The van der Waals surface area contributed by atoms with Crippen LogP contribution in [0.3, 0.4) is 0 Å². The summed E-state index contributed by atoms with van der Waals surface area (Å²) in [4.78, 5) is 27.4. The smallest absolute Gasteiger partial charge is 0.293 e. The number of likely N-dealkylation sites (N-methyl/N-ethyl adjacent to an activating group) is 1. The Morgan fingerprint density at radius 1 is 1.12 bits per heavy atom. The van der Waals surface area contributed by atoms with E-state index in [-0.39, 0.29) is 16.3 Å². The number of aromatic hydroxyl groups is 1. The van der Waals surface area contributed by atoms with Gasteiger partial charge < -0.3 is 24.6 Å². The summed E-state index contributed by atoms with van der Waals surface area (Å²) >= 11 is 0. The summed E-state index contributed by atoms with van der Waals surface area (Å²) in [6.07, 6.45) is 5.47. The first-order valence-electron chi connectivity index (χ1n) is 9.97. The van der Waals surface area contributed by atoms with E-state index in [0.29, 0.717) is 11.3 Å². The van der Waals surface area contributed by atoms with Gasteiger partial charge in [-0.3, -0.25) is 9.59 Å². The summed E-state index contributed by atoms with van der Waals surface area (Å²) in [5, 5.41) is 15.0. The van der Waals surface area contributed by atoms with Gasteiger partial charge >= 0.3 is 0 Å². The molecule has 0 saturated carbocycles. The quantitative estimate of drug-likeness (QED) is 0.512. The van der Waals surface area contributed by atoms with Gasteiger partial charge in [0.2, 0.25) is 5.76 Å². The van der Waals surface area contributed by atoms with E-state index in [0.717, 1.165) is 23.1 Å². The Labute approximate surface area is 196 Å². The van der Waals surface area contributed by atoms with E-state index in [1.54, 1.807) is 24.3 Å². The lowest BCUT2D eigenvalue weighted by Crippen LogP contribution is -2.38. The minimum absolute atomic E-state index is 0.243. The molecule has 1 aromatic heterocycles. The van der Waals surface area contributed by atoms with Crippen LogP contribution in [-0.2, 0) is 4.79 Å². The number of carbonyl (C=O) groups excluding carboxylic acids is 2. The molecule has 0 fully saturated rings. The monoisotopic (exact) mass is 493 g/mol. The second-order valence-corrected chi connectivity index (χ2v) is 12.3. The molecule has 34 heavy (non-hydrogen) atoms. The van der Waals surface area contributed by atoms with Gasteiger partial charge in [-0.15, -0.1) is 0 Å². The summed E-state index contributed by atoms with van der Waals surface area (Å²) in [6.45, 7) is 0. The molecular formula is C23H25F2N3O5S. The topological polar surface area (TPSA) is 105 Å². The Kier molecular flexibility index (Phi) is 7.15. The maximum Gasteiger partial charge on any atom is 0.293 e. The van der Waals surface area contributed by atoms with Gasteiger partial charge in [-0.05, 0) is 47.7 Å². The van der Waals surface area contributed by atoms with Crippen molar-refractivity contribution in [1.29, 1.82) is 0 Å². The lowest BCUT2D eigenvalue weighted by Gasteiger charge is -2.28.